The molecule has 0 spiro atoms. The first-order valence-electron chi connectivity index (χ1n) is 18.8. The maximum atomic E-state index is 12.3. The topological polar surface area (TPSA) is 75.6 Å². The average Bonchev–Trinajstić information content (AvgIpc) is 2.98. The molecule has 1 atom stereocenters. The zero-order chi connectivity index (χ0) is 31.7. The van der Waals surface area contributed by atoms with Gasteiger partial charge in [-0.05, 0) is 12.8 Å². The van der Waals surface area contributed by atoms with Gasteiger partial charge in [0.1, 0.15) is 19.7 Å². The number of hydrogen-bond donors (Lipinski definition) is 2. The minimum atomic E-state index is -0.113. The van der Waals surface area contributed by atoms with E-state index in [0.717, 1.165) is 32.2 Å². The fourth-order valence-corrected chi connectivity index (χ4v) is 5.82. The van der Waals surface area contributed by atoms with E-state index >= 15 is 0 Å². The standard InChI is InChI=1S/C37H74N2O4/c1-4-6-8-10-12-14-16-18-20-22-24-26-28-36(41)38-30-31-39(3,32-34-40)33-35-43-37(42)29-27-25-23-21-19-17-15-13-11-9-7-5-2/h40H,4-35H2,1-3H3/p+1. The minimum Gasteiger partial charge on any atom is -0.460 e. The molecule has 0 fully saturated rings. The molecule has 1 unspecified atom stereocenters. The van der Waals surface area contributed by atoms with Crippen LogP contribution in [0.3, 0.4) is 0 Å². The van der Waals surface area contributed by atoms with Crippen LogP contribution in [0.2, 0.25) is 0 Å². The zero-order valence-corrected chi connectivity index (χ0v) is 29.2. The van der Waals surface area contributed by atoms with Gasteiger partial charge in [-0.3, -0.25) is 9.59 Å². The van der Waals surface area contributed by atoms with Gasteiger partial charge >= 0.3 is 5.97 Å². The smallest absolute Gasteiger partial charge is 0.305 e. The molecule has 0 heterocycles. The third-order valence-electron chi connectivity index (χ3n) is 9.00. The molecule has 0 aliphatic heterocycles. The van der Waals surface area contributed by atoms with Crippen LogP contribution in [0.5, 0.6) is 0 Å². The molecule has 43 heavy (non-hydrogen) atoms. The number of quaternary nitrogens is 1. The van der Waals surface area contributed by atoms with Gasteiger partial charge in [-0.15, -0.1) is 0 Å². The number of esters is 1. The fraction of sp³-hybridized carbons (Fsp3) is 0.946. The lowest BCUT2D eigenvalue weighted by Crippen LogP contribution is -2.52. The summed E-state index contributed by atoms with van der Waals surface area (Å²) in [4.78, 5) is 24.5. The van der Waals surface area contributed by atoms with Crippen LogP contribution in [0.15, 0.2) is 0 Å². The van der Waals surface area contributed by atoms with Crippen LogP contribution in [-0.4, -0.2) is 67.9 Å². The molecule has 0 saturated carbocycles. The number of carbonyl (C=O) groups is 2. The van der Waals surface area contributed by atoms with Gasteiger partial charge in [0.25, 0.3) is 0 Å². The highest BCUT2D eigenvalue weighted by molar-refractivity contribution is 5.75. The van der Waals surface area contributed by atoms with E-state index in [-0.39, 0.29) is 18.5 Å². The molecular formula is C37H75N2O4+. The maximum Gasteiger partial charge on any atom is 0.305 e. The Balaban J connectivity index is 3.75. The van der Waals surface area contributed by atoms with Crippen LogP contribution in [-0.2, 0) is 14.3 Å². The number of rotatable bonds is 34. The Morgan fingerprint density at radius 2 is 0.953 bits per heavy atom. The lowest BCUT2D eigenvalue weighted by molar-refractivity contribution is -0.908. The number of amides is 1. The third-order valence-corrected chi connectivity index (χ3v) is 9.00. The molecule has 0 radical (unpaired) electrons. The number of nitrogens with one attached hydrogen (secondary N) is 1. The molecule has 0 aromatic heterocycles. The highest BCUT2D eigenvalue weighted by Gasteiger charge is 2.21. The number of aliphatic hydroxyl groups excluding tert-OH is 1. The van der Waals surface area contributed by atoms with E-state index in [2.05, 4.69) is 26.2 Å². The molecule has 1 amide bonds. The predicted molar refractivity (Wildman–Crippen MR) is 183 cm³/mol. The molecule has 6 nitrogen and oxygen atoms in total. The number of nitrogens with zero attached hydrogens (tertiary/aromatic N) is 1. The maximum absolute atomic E-state index is 12.3. The van der Waals surface area contributed by atoms with Gasteiger partial charge < -0.3 is 19.6 Å². The Bertz CT molecular complexity index is 567. The third kappa shape index (κ3) is 30.7. The van der Waals surface area contributed by atoms with E-state index in [1.807, 2.05) is 0 Å². The first-order chi connectivity index (χ1) is 21.0. The summed E-state index contributed by atoms with van der Waals surface area (Å²) in [5.41, 5.74) is 0. The highest BCUT2D eigenvalue weighted by atomic mass is 16.5. The molecular weight excluding hydrogens is 536 g/mol. The van der Waals surface area contributed by atoms with Crippen molar-refractivity contribution >= 4 is 11.9 Å². The lowest BCUT2D eigenvalue weighted by Gasteiger charge is -2.33. The Hall–Kier alpha value is -1.14. The van der Waals surface area contributed by atoms with Gasteiger partial charge in [-0.2, -0.15) is 0 Å². The molecule has 0 aliphatic carbocycles. The summed E-state index contributed by atoms with van der Waals surface area (Å²) in [6, 6.07) is 0. The number of carbonyl (C=O) groups excluding carboxylic acids is 2. The van der Waals surface area contributed by atoms with Crippen molar-refractivity contribution in [1.82, 2.24) is 5.32 Å². The minimum absolute atomic E-state index is 0.0795. The molecule has 6 heteroatoms. The van der Waals surface area contributed by atoms with Crippen molar-refractivity contribution in [3.8, 4) is 0 Å². The molecule has 0 saturated heterocycles. The normalized spacial score (nSPS) is 12.7. The number of aliphatic hydroxyl groups is 1. The molecule has 256 valence electrons. The van der Waals surface area contributed by atoms with Crippen molar-refractivity contribution in [2.75, 3.05) is 46.4 Å². The number of ether oxygens (including phenoxy) is 1. The first-order valence-corrected chi connectivity index (χ1v) is 18.8. The Kier molecular flexibility index (Phi) is 31.4. The van der Waals surface area contributed by atoms with Crippen molar-refractivity contribution in [2.45, 2.75) is 181 Å². The summed E-state index contributed by atoms with van der Waals surface area (Å²) in [7, 11) is 2.06. The first kappa shape index (κ1) is 41.9. The quantitative estimate of drug-likeness (QED) is 0.0432. The summed E-state index contributed by atoms with van der Waals surface area (Å²) < 4.78 is 6.10. The van der Waals surface area contributed by atoms with E-state index < -0.39 is 0 Å². The molecule has 0 aromatic rings. The number of hydrogen-bond acceptors (Lipinski definition) is 4. The van der Waals surface area contributed by atoms with Gasteiger partial charge in [-0.25, -0.2) is 0 Å². The second-order valence-corrected chi connectivity index (χ2v) is 13.4. The second kappa shape index (κ2) is 32.3. The van der Waals surface area contributed by atoms with Crippen LogP contribution >= 0.6 is 0 Å². The van der Waals surface area contributed by atoms with Gasteiger partial charge in [0.15, 0.2) is 0 Å². The van der Waals surface area contributed by atoms with E-state index in [1.54, 1.807) is 0 Å². The highest BCUT2D eigenvalue weighted by Crippen LogP contribution is 2.14. The van der Waals surface area contributed by atoms with Crippen molar-refractivity contribution in [3.63, 3.8) is 0 Å². The van der Waals surface area contributed by atoms with E-state index in [1.165, 1.54) is 128 Å². The van der Waals surface area contributed by atoms with Crippen LogP contribution in [0, 0.1) is 0 Å². The van der Waals surface area contributed by atoms with Crippen LogP contribution in [0.4, 0.5) is 0 Å². The number of unbranched alkanes of at least 4 members (excludes halogenated alkanes) is 22. The van der Waals surface area contributed by atoms with Gasteiger partial charge in [0, 0.05) is 12.8 Å². The van der Waals surface area contributed by atoms with Gasteiger partial charge in [0.2, 0.25) is 5.91 Å². The van der Waals surface area contributed by atoms with E-state index in [9.17, 15) is 14.7 Å². The lowest BCUT2D eigenvalue weighted by atomic mass is 10.0. The predicted octanol–water partition coefficient (Wildman–Crippen LogP) is 9.27. The van der Waals surface area contributed by atoms with Crippen molar-refractivity contribution in [3.05, 3.63) is 0 Å². The largest absolute Gasteiger partial charge is 0.460 e. The summed E-state index contributed by atoms with van der Waals surface area (Å²) in [5.74, 6) is 0.00908. The Labute approximate surface area is 268 Å². The Morgan fingerprint density at radius 1 is 0.558 bits per heavy atom. The van der Waals surface area contributed by atoms with Gasteiger partial charge in [0.05, 0.1) is 26.7 Å². The Morgan fingerprint density at radius 3 is 1.37 bits per heavy atom. The van der Waals surface area contributed by atoms with Gasteiger partial charge in [-0.1, -0.05) is 155 Å². The van der Waals surface area contributed by atoms with Crippen molar-refractivity contribution < 1.29 is 23.9 Å². The monoisotopic (exact) mass is 612 g/mol. The molecule has 2 N–H and O–H groups in total. The second-order valence-electron chi connectivity index (χ2n) is 13.4. The SMILES string of the molecule is CCCCCCCCCCCCCCC(=O)NCC[N+](C)(CCO)CCOC(=O)CCCCCCCCCCCCCC. The molecule has 0 rings (SSSR count). The summed E-state index contributed by atoms with van der Waals surface area (Å²) in [6.45, 7) is 7.52. The summed E-state index contributed by atoms with van der Waals surface area (Å²) in [5, 5.41) is 12.6. The van der Waals surface area contributed by atoms with Crippen LogP contribution in [0.25, 0.3) is 0 Å². The van der Waals surface area contributed by atoms with Crippen molar-refractivity contribution in [1.29, 1.82) is 0 Å². The summed E-state index contributed by atoms with van der Waals surface area (Å²) in [6.07, 6.45) is 32.0. The fourth-order valence-electron chi connectivity index (χ4n) is 5.82. The summed E-state index contributed by atoms with van der Waals surface area (Å²) >= 11 is 0. The van der Waals surface area contributed by atoms with E-state index in [4.69, 9.17) is 4.74 Å². The molecule has 0 bridgehead atoms. The van der Waals surface area contributed by atoms with Crippen LogP contribution < -0.4 is 5.32 Å². The zero-order valence-electron chi connectivity index (χ0n) is 29.2. The number of likely N-dealkylation sites (N-methyl/N-ethyl adjacent to an activating group) is 1. The van der Waals surface area contributed by atoms with Crippen LogP contribution in [0.1, 0.15) is 181 Å². The van der Waals surface area contributed by atoms with Crippen molar-refractivity contribution in [2.24, 2.45) is 0 Å². The molecule has 0 aromatic carbocycles. The molecule has 0 aliphatic rings. The average molecular weight is 612 g/mol. The van der Waals surface area contributed by atoms with E-state index in [0.29, 0.717) is 43.6 Å².